The maximum atomic E-state index is 11.6. The lowest BCUT2D eigenvalue weighted by atomic mass is 10.1. The standard InChI is InChI=1S/C11H15N3O2/c1-7-6-8(2-3-9(7)12)11(16)14-5-4-10(13)15/h2-3,6H,4-5,12H2,1H3,(H2,13,15)(H,14,16). The Hall–Kier alpha value is -2.04. The summed E-state index contributed by atoms with van der Waals surface area (Å²) in [5.41, 5.74) is 12.6. The molecule has 0 aliphatic heterocycles. The fourth-order valence-electron chi connectivity index (χ4n) is 1.22. The molecule has 1 rings (SSSR count). The van der Waals surface area contributed by atoms with Gasteiger partial charge in [-0.1, -0.05) is 0 Å². The quantitative estimate of drug-likeness (QED) is 0.632. The van der Waals surface area contributed by atoms with Crippen LogP contribution < -0.4 is 16.8 Å². The normalized spacial score (nSPS) is 9.81. The molecule has 0 aliphatic carbocycles. The molecule has 0 spiro atoms. The molecule has 0 aromatic heterocycles. The SMILES string of the molecule is Cc1cc(C(=O)NCCC(N)=O)ccc1N. The van der Waals surface area contributed by atoms with Crippen molar-refractivity contribution >= 4 is 17.5 Å². The topological polar surface area (TPSA) is 98.2 Å². The van der Waals surface area contributed by atoms with Crippen LogP contribution in [0, 0.1) is 6.92 Å². The minimum atomic E-state index is -0.436. The Kier molecular flexibility index (Phi) is 3.88. The highest BCUT2D eigenvalue weighted by molar-refractivity contribution is 5.95. The van der Waals surface area contributed by atoms with E-state index in [2.05, 4.69) is 5.32 Å². The number of nitrogens with two attached hydrogens (primary N) is 2. The molecule has 16 heavy (non-hydrogen) atoms. The summed E-state index contributed by atoms with van der Waals surface area (Å²) in [5, 5.41) is 2.60. The van der Waals surface area contributed by atoms with Crippen molar-refractivity contribution in [1.82, 2.24) is 5.32 Å². The van der Waals surface area contributed by atoms with Gasteiger partial charge in [-0.15, -0.1) is 0 Å². The Bertz CT molecular complexity index is 416. The van der Waals surface area contributed by atoms with Gasteiger partial charge >= 0.3 is 0 Å². The van der Waals surface area contributed by atoms with Crippen LogP contribution in [-0.2, 0) is 4.79 Å². The first-order chi connectivity index (χ1) is 7.50. The van der Waals surface area contributed by atoms with Gasteiger partial charge in [-0.25, -0.2) is 0 Å². The van der Waals surface area contributed by atoms with Gasteiger partial charge in [-0.05, 0) is 30.7 Å². The van der Waals surface area contributed by atoms with Crippen molar-refractivity contribution in [1.29, 1.82) is 0 Å². The van der Waals surface area contributed by atoms with Gasteiger partial charge in [0.2, 0.25) is 5.91 Å². The Balaban J connectivity index is 2.59. The van der Waals surface area contributed by atoms with E-state index in [1.54, 1.807) is 18.2 Å². The van der Waals surface area contributed by atoms with Crippen molar-refractivity contribution in [2.75, 3.05) is 12.3 Å². The molecule has 0 radical (unpaired) electrons. The van der Waals surface area contributed by atoms with Crippen LogP contribution >= 0.6 is 0 Å². The number of nitrogens with one attached hydrogen (secondary N) is 1. The second-order valence-electron chi connectivity index (χ2n) is 3.54. The summed E-state index contributed by atoms with van der Waals surface area (Å²) in [6.07, 6.45) is 0.139. The third-order valence-corrected chi connectivity index (χ3v) is 2.19. The van der Waals surface area contributed by atoms with E-state index in [1.807, 2.05) is 6.92 Å². The van der Waals surface area contributed by atoms with E-state index >= 15 is 0 Å². The minimum absolute atomic E-state index is 0.139. The molecule has 0 heterocycles. The third kappa shape index (κ3) is 3.27. The van der Waals surface area contributed by atoms with Gasteiger partial charge in [0.05, 0.1) is 0 Å². The molecule has 5 heteroatoms. The molecule has 0 bridgehead atoms. The summed E-state index contributed by atoms with van der Waals surface area (Å²) >= 11 is 0. The molecule has 0 saturated carbocycles. The zero-order valence-electron chi connectivity index (χ0n) is 9.12. The summed E-state index contributed by atoms with van der Waals surface area (Å²) in [6, 6.07) is 5.02. The van der Waals surface area contributed by atoms with Gasteiger partial charge in [0.25, 0.3) is 5.91 Å². The predicted octanol–water partition coefficient (Wildman–Crippen LogP) is 0.182. The lowest BCUT2D eigenvalue weighted by Crippen LogP contribution is -2.27. The Morgan fingerprint density at radius 3 is 2.62 bits per heavy atom. The Morgan fingerprint density at radius 2 is 2.06 bits per heavy atom. The molecule has 0 atom stereocenters. The zero-order chi connectivity index (χ0) is 12.1. The molecule has 0 unspecified atom stereocenters. The summed E-state index contributed by atoms with van der Waals surface area (Å²) in [7, 11) is 0. The van der Waals surface area contributed by atoms with Crippen LogP contribution in [0.15, 0.2) is 18.2 Å². The van der Waals surface area contributed by atoms with Crippen LogP contribution in [-0.4, -0.2) is 18.4 Å². The molecule has 1 aromatic carbocycles. The molecular formula is C11H15N3O2. The summed E-state index contributed by atoms with van der Waals surface area (Å²) < 4.78 is 0. The predicted molar refractivity (Wildman–Crippen MR) is 61.7 cm³/mol. The molecule has 5 N–H and O–H groups in total. The summed E-state index contributed by atoms with van der Waals surface area (Å²) in [5.74, 6) is -0.668. The first-order valence-corrected chi connectivity index (χ1v) is 4.93. The molecular weight excluding hydrogens is 206 g/mol. The lowest BCUT2D eigenvalue weighted by Gasteiger charge is -2.06. The average molecular weight is 221 g/mol. The number of rotatable bonds is 4. The van der Waals surface area contributed by atoms with Gasteiger partial charge in [0, 0.05) is 24.2 Å². The Labute approximate surface area is 93.8 Å². The number of primary amides is 1. The van der Waals surface area contributed by atoms with Crippen LogP contribution in [0.3, 0.4) is 0 Å². The number of carbonyl (C=O) groups excluding carboxylic acids is 2. The van der Waals surface area contributed by atoms with Crippen molar-refractivity contribution < 1.29 is 9.59 Å². The fraction of sp³-hybridized carbons (Fsp3) is 0.273. The number of hydrogen-bond donors (Lipinski definition) is 3. The van der Waals surface area contributed by atoms with Crippen LogP contribution in [0.2, 0.25) is 0 Å². The molecule has 0 aliphatic rings. The second-order valence-corrected chi connectivity index (χ2v) is 3.54. The van der Waals surface area contributed by atoms with E-state index in [0.717, 1.165) is 5.56 Å². The van der Waals surface area contributed by atoms with Crippen molar-refractivity contribution in [3.05, 3.63) is 29.3 Å². The van der Waals surface area contributed by atoms with Gasteiger partial charge < -0.3 is 16.8 Å². The van der Waals surface area contributed by atoms with Crippen molar-refractivity contribution in [2.24, 2.45) is 5.73 Å². The second kappa shape index (κ2) is 5.16. The van der Waals surface area contributed by atoms with Crippen molar-refractivity contribution in [3.8, 4) is 0 Å². The van der Waals surface area contributed by atoms with Crippen molar-refractivity contribution in [2.45, 2.75) is 13.3 Å². The van der Waals surface area contributed by atoms with Crippen LogP contribution in [0.25, 0.3) is 0 Å². The van der Waals surface area contributed by atoms with Gasteiger partial charge in [0.15, 0.2) is 0 Å². The third-order valence-electron chi connectivity index (χ3n) is 2.19. The maximum absolute atomic E-state index is 11.6. The highest BCUT2D eigenvalue weighted by atomic mass is 16.2. The summed E-state index contributed by atoms with van der Waals surface area (Å²) in [6.45, 7) is 2.08. The molecule has 0 saturated heterocycles. The number of carbonyl (C=O) groups is 2. The molecule has 0 fully saturated rings. The molecule has 2 amide bonds. The van der Waals surface area contributed by atoms with Crippen LogP contribution in [0.4, 0.5) is 5.69 Å². The monoisotopic (exact) mass is 221 g/mol. The number of hydrogen-bond acceptors (Lipinski definition) is 3. The smallest absolute Gasteiger partial charge is 0.251 e. The minimum Gasteiger partial charge on any atom is -0.399 e. The van der Waals surface area contributed by atoms with E-state index in [9.17, 15) is 9.59 Å². The number of nitrogen functional groups attached to an aromatic ring is 1. The first kappa shape index (κ1) is 12.0. The van der Waals surface area contributed by atoms with Crippen molar-refractivity contribution in [3.63, 3.8) is 0 Å². The summed E-state index contributed by atoms with van der Waals surface area (Å²) in [4.78, 5) is 22.1. The average Bonchev–Trinajstić information content (AvgIpc) is 2.21. The van der Waals surface area contributed by atoms with E-state index in [-0.39, 0.29) is 18.9 Å². The van der Waals surface area contributed by atoms with Gasteiger partial charge in [0.1, 0.15) is 0 Å². The van der Waals surface area contributed by atoms with Gasteiger partial charge in [-0.3, -0.25) is 9.59 Å². The molecule has 5 nitrogen and oxygen atoms in total. The highest BCUT2D eigenvalue weighted by Crippen LogP contribution is 2.12. The fourth-order valence-corrected chi connectivity index (χ4v) is 1.22. The zero-order valence-corrected chi connectivity index (χ0v) is 9.12. The van der Waals surface area contributed by atoms with Crippen LogP contribution in [0.5, 0.6) is 0 Å². The molecule has 1 aromatic rings. The van der Waals surface area contributed by atoms with E-state index in [1.165, 1.54) is 0 Å². The van der Waals surface area contributed by atoms with Gasteiger partial charge in [-0.2, -0.15) is 0 Å². The largest absolute Gasteiger partial charge is 0.399 e. The van der Waals surface area contributed by atoms with E-state index < -0.39 is 5.91 Å². The Morgan fingerprint density at radius 1 is 1.38 bits per heavy atom. The van der Waals surface area contributed by atoms with E-state index in [4.69, 9.17) is 11.5 Å². The van der Waals surface area contributed by atoms with Crippen LogP contribution in [0.1, 0.15) is 22.3 Å². The molecule has 86 valence electrons. The number of amides is 2. The highest BCUT2D eigenvalue weighted by Gasteiger charge is 2.06. The first-order valence-electron chi connectivity index (χ1n) is 4.93. The number of aryl methyl sites for hydroxylation is 1. The lowest BCUT2D eigenvalue weighted by molar-refractivity contribution is -0.117. The van der Waals surface area contributed by atoms with E-state index in [0.29, 0.717) is 11.3 Å². The number of anilines is 1. The number of benzene rings is 1. The maximum Gasteiger partial charge on any atom is 0.251 e.